The molecule has 1 aliphatic rings. The summed E-state index contributed by atoms with van der Waals surface area (Å²) in [6.07, 6.45) is -1.45. The molecule has 1 heterocycles. The van der Waals surface area contributed by atoms with Crippen LogP contribution < -0.4 is 4.90 Å². The fraction of sp³-hybridized carbons (Fsp3) is 0.385. The monoisotopic (exact) mass is 248 g/mol. The molecule has 96 valence electrons. The van der Waals surface area contributed by atoms with E-state index in [9.17, 15) is 14.7 Å². The average Bonchev–Trinajstić information content (AvgIpc) is 2.50. The second-order valence-electron chi connectivity index (χ2n) is 5.21. The number of anilines is 1. The highest BCUT2D eigenvalue weighted by Crippen LogP contribution is 2.29. The van der Waals surface area contributed by atoms with Crippen molar-refractivity contribution in [3.8, 4) is 0 Å². The molecule has 1 atom stereocenters. The van der Waals surface area contributed by atoms with Crippen LogP contribution in [0.25, 0.3) is 0 Å². The predicted octanol–water partition coefficient (Wildman–Crippen LogP) is 1.57. The SMILES string of the molecule is CC(C)(C)N1C(=O)C(O)N(c2ccccc2)C1=O. The number of carbonyl (C=O) groups excluding carboxylic acids is 2. The van der Waals surface area contributed by atoms with E-state index in [4.69, 9.17) is 0 Å². The van der Waals surface area contributed by atoms with E-state index in [1.54, 1.807) is 51.1 Å². The molecule has 1 aromatic carbocycles. The lowest BCUT2D eigenvalue weighted by atomic mass is 10.1. The standard InChI is InChI=1S/C13H16N2O3/c1-13(2,3)15-11(17)10(16)14(12(15)18)9-7-5-4-6-8-9/h4-8,10,16H,1-3H3. The summed E-state index contributed by atoms with van der Waals surface area (Å²) in [6, 6.07) is 8.17. The Labute approximate surface area is 106 Å². The van der Waals surface area contributed by atoms with E-state index in [0.717, 1.165) is 9.80 Å². The number of benzene rings is 1. The Morgan fingerprint density at radius 2 is 1.67 bits per heavy atom. The fourth-order valence-electron chi connectivity index (χ4n) is 1.99. The van der Waals surface area contributed by atoms with Gasteiger partial charge in [0.15, 0.2) is 0 Å². The smallest absolute Gasteiger partial charge is 0.334 e. The number of hydrogen-bond acceptors (Lipinski definition) is 3. The Hall–Kier alpha value is -1.88. The third-order valence-electron chi connectivity index (χ3n) is 2.79. The van der Waals surface area contributed by atoms with Gasteiger partial charge in [-0.1, -0.05) is 18.2 Å². The van der Waals surface area contributed by atoms with Gasteiger partial charge in [-0.05, 0) is 32.9 Å². The number of rotatable bonds is 1. The van der Waals surface area contributed by atoms with Crippen molar-refractivity contribution < 1.29 is 14.7 Å². The summed E-state index contributed by atoms with van der Waals surface area (Å²) in [4.78, 5) is 26.4. The van der Waals surface area contributed by atoms with E-state index in [-0.39, 0.29) is 0 Å². The molecule has 18 heavy (non-hydrogen) atoms. The Kier molecular flexibility index (Phi) is 2.86. The third kappa shape index (κ3) is 1.86. The zero-order chi connectivity index (χ0) is 13.5. The van der Waals surface area contributed by atoms with Gasteiger partial charge in [0, 0.05) is 11.2 Å². The van der Waals surface area contributed by atoms with Crippen LogP contribution in [0.5, 0.6) is 0 Å². The molecule has 3 amide bonds. The molecule has 1 fully saturated rings. The van der Waals surface area contributed by atoms with Crippen molar-refractivity contribution in [2.75, 3.05) is 4.90 Å². The van der Waals surface area contributed by atoms with Gasteiger partial charge in [0.25, 0.3) is 5.91 Å². The van der Waals surface area contributed by atoms with E-state index < -0.39 is 23.7 Å². The van der Waals surface area contributed by atoms with E-state index >= 15 is 0 Å². The lowest BCUT2D eigenvalue weighted by molar-refractivity contribution is -0.136. The molecule has 1 saturated heterocycles. The highest BCUT2D eigenvalue weighted by atomic mass is 16.3. The van der Waals surface area contributed by atoms with Crippen LogP contribution in [0.1, 0.15) is 20.8 Å². The van der Waals surface area contributed by atoms with Gasteiger partial charge in [-0.15, -0.1) is 0 Å². The minimum Gasteiger partial charge on any atom is -0.365 e. The van der Waals surface area contributed by atoms with Gasteiger partial charge >= 0.3 is 6.03 Å². The average molecular weight is 248 g/mol. The van der Waals surface area contributed by atoms with Crippen molar-refractivity contribution in [1.82, 2.24) is 4.90 Å². The maximum absolute atomic E-state index is 12.2. The van der Waals surface area contributed by atoms with Gasteiger partial charge in [-0.2, -0.15) is 0 Å². The highest BCUT2D eigenvalue weighted by molar-refractivity contribution is 6.13. The number of nitrogens with zero attached hydrogens (tertiary/aromatic N) is 2. The zero-order valence-corrected chi connectivity index (χ0v) is 10.6. The number of carbonyl (C=O) groups is 2. The number of urea groups is 1. The number of amides is 3. The zero-order valence-electron chi connectivity index (χ0n) is 10.6. The van der Waals surface area contributed by atoms with Gasteiger partial charge in [0.2, 0.25) is 6.23 Å². The van der Waals surface area contributed by atoms with E-state index in [2.05, 4.69) is 0 Å². The summed E-state index contributed by atoms with van der Waals surface area (Å²) in [6.45, 7) is 5.26. The van der Waals surface area contributed by atoms with Crippen LogP contribution in [-0.2, 0) is 4.79 Å². The van der Waals surface area contributed by atoms with Crippen LogP contribution in [-0.4, -0.2) is 33.7 Å². The maximum atomic E-state index is 12.2. The third-order valence-corrected chi connectivity index (χ3v) is 2.79. The van der Waals surface area contributed by atoms with Crippen molar-refractivity contribution in [3.05, 3.63) is 30.3 Å². The number of imide groups is 1. The number of aliphatic hydroxyl groups excluding tert-OH is 1. The number of hydrogen-bond donors (Lipinski definition) is 1. The molecular weight excluding hydrogens is 232 g/mol. The van der Waals surface area contributed by atoms with E-state index in [1.807, 2.05) is 0 Å². The van der Waals surface area contributed by atoms with Crippen LogP contribution in [0.15, 0.2) is 30.3 Å². The van der Waals surface area contributed by atoms with Gasteiger partial charge in [-0.25, -0.2) is 4.79 Å². The summed E-state index contributed by atoms with van der Waals surface area (Å²) in [5.74, 6) is -0.587. The van der Waals surface area contributed by atoms with Gasteiger partial charge < -0.3 is 5.11 Å². The van der Waals surface area contributed by atoms with E-state index in [1.165, 1.54) is 0 Å². The van der Waals surface area contributed by atoms with Crippen molar-refractivity contribution >= 4 is 17.6 Å². The van der Waals surface area contributed by atoms with Gasteiger partial charge in [-0.3, -0.25) is 14.6 Å². The van der Waals surface area contributed by atoms with Crippen LogP contribution in [0, 0.1) is 0 Å². The Bertz CT molecular complexity index is 479. The first kappa shape index (κ1) is 12.6. The normalized spacial score (nSPS) is 20.8. The summed E-state index contributed by atoms with van der Waals surface area (Å²) >= 11 is 0. The first-order valence-corrected chi connectivity index (χ1v) is 5.74. The van der Waals surface area contributed by atoms with Crippen LogP contribution >= 0.6 is 0 Å². The second-order valence-corrected chi connectivity index (χ2v) is 5.21. The quantitative estimate of drug-likeness (QED) is 0.767. The number of para-hydroxylation sites is 1. The summed E-state index contributed by atoms with van der Waals surface area (Å²) in [5, 5.41) is 9.93. The molecule has 5 heteroatoms. The minimum atomic E-state index is -1.45. The molecule has 1 aliphatic heterocycles. The molecule has 2 rings (SSSR count). The molecule has 1 N–H and O–H groups in total. The summed E-state index contributed by atoms with van der Waals surface area (Å²) < 4.78 is 0. The molecule has 5 nitrogen and oxygen atoms in total. The molecule has 0 aliphatic carbocycles. The van der Waals surface area contributed by atoms with Crippen molar-refractivity contribution in [1.29, 1.82) is 0 Å². The second kappa shape index (κ2) is 4.10. The molecule has 1 aromatic rings. The number of aliphatic hydroxyl groups is 1. The molecule has 0 bridgehead atoms. The molecular formula is C13H16N2O3. The van der Waals surface area contributed by atoms with Crippen LogP contribution in [0.2, 0.25) is 0 Å². The van der Waals surface area contributed by atoms with Crippen LogP contribution in [0.3, 0.4) is 0 Å². The molecule has 0 aromatic heterocycles. The maximum Gasteiger partial charge on any atom is 0.334 e. The van der Waals surface area contributed by atoms with Gasteiger partial charge in [0.05, 0.1) is 0 Å². The molecule has 0 spiro atoms. The van der Waals surface area contributed by atoms with E-state index in [0.29, 0.717) is 5.69 Å². The predicted molar refractivity (Wildman–Crippen MR) is 66.9 cm³/mol. The Balaban J connectivity index is 2.41. The lowest BCUT2D eigenvalue weighted by Crippen LogP contribution is -2.46. The fourth-order valence-corrected chi connectivity index (χ4v) is 1.99. The first-order chi connectivity index (χ1) is 8.34. The Morgan fingerprint density at radius 3 is 2.11 bits per heavy atom. The summed E-state index contributed by atoms with van der Waals surface area (Å²) in [7, 11) is 0. The molecule has 1 unspecified atom stereocenters. The topological polar surface area (TPSA) is 60.9 Å². The highest BCUT2D eigenvalue weighted by Gasteiger charge is 2.49. The van der Waals surface area contributed by atoms with Gasteiger partial charge in [0.1, 0.15) is 0 Å². The van der Waals surface area contributed by atoms with Crippen molar-refractivity contribution in [3.63, 3.8) is 0 Å². The Morgan fingerprint density at radius 1 is 1.11 bits per heavy atom. The molecule has 0 radical (unpaired) electrons. The summed E-state index contributed by atoms with van der Waals surface area (Å²) in [5.41, 5.74) is -0.145. The lowest BCUT2D eigenvalue weighted by Gasteiger charge is -2.29. The largest absolute Gasteiger partial charge is 0.365 e. The minimum absolute atomic E-state index is 0.494. The molecule has 0 saturated carbocycles. The first-order valence-electron chi connectivity index (χ1n) is 5.74. The van der Waals surface area contributed by atoms with Crippen LogP contribution in [0.4, 0.5) is 10.5 Å². The van der Waals surface area contributed by atoms with Crippen molar-refractivity contribution in [2.24, 2.45) is 0 Å². The van der Waals surface area contributed by atoms with Crippen molar-refractivity contribution in [2.45, 2.75) is 32.5 Å².